The number of hydrogen-bond donors (Lipinski definition) is 2. The lowest BCUT2D eigenvalue weighted by Crippen LogP contribution is -2.40. The maximum Gasteiger partial charge on any atom is 0.489 e. The van der Waals surface area contributed by atoms with Crippen molar-refractivity contribution in [3.8, 4) is 11.1 Å². The smallest absolute Gasteiger partial charge is 0.423 e. The van der Waals surface area contributed by atoms with Crippen molar-refractivity contribution in [2.75, 3.05) is 26.2 Å². The van der Waals surface area contributed by atoms with Crippen LogP contribution in [0.3, 0.4) is 0 Å². The van der Waals surface area contributed by atoms with E-state index in [1.807, 2.05) is 33.8 Å². The van der Waals surface area contributed by atoms with Gasteiger partial charge in [0, 0.05) is 37.3 Å². The van der Waals surface area contributed by atoms with E-state index >= 15 is 0 Å². The van der Waals surface area contributed by atoms with Crippen LogP contribution >= 0.6 is 0 Å². The number of rotatable bonds is 8. The molecule has 2 rings (SSSR count). The molecule has 2 aromatic carbocycles. The predicted octanol–water partition coefficient (Wildman–Crippen LogP) is 2.00. The summed E-state index contributed by atoms with van der Waals surface area (Å²) in [5.41, 5.74) is 1.94. The summed E-state index contributed by atoms with van der Waals surface area (Å²) in [6, 6.07) is 12.1. The Morgan fingerprint density at radius 1 is 0.759 bits per heavy atom. The first kappa shape index (κ1) is 22.7. The van der Waals surface area contributed by atoms with E-state index in [0.29, 0.717) is 42.9 Å². The van der Waals surface area contributed by atoms with Crippen LogP contribution in [0.4, 0.5) is 0 Å². The fraction of sp³-hybridized carbons (Fsp3) is 0.364. The molecule has 0 aliphatic carbocycles. The molecule has 2 aromatic rings. The Morgan fingerprint density at radius 2 is 1.28 bits per heavy atom. The molecule has 29 heavy (non-hydrogen) atoms. The molecule has 0 aromatic heterocycles. The van der Waals surface area contributed by atoms with Crippen LogP contribution in [0.5, 0.6) is 0 Å². The largest absolute Gasteiger partial charge is 0.489 e. The summed E-state index contributed by atoms with van der Waals surface area (Å²) < 4.78 is 0. The first-order chi connectivity index (χ1) is 13.9. The monoisotopic (exact) mass is 396 g/mol. The van der Waals surface area contributed by atoms with Crippen molar-refractivity contribution in [2.24, 2.45) is 0 Å². The molecule has 0 saturated heterocycles. The van der Waals surface area contributed by atoms with Gasteiger partial charge in [-0.05, 0) is 50.4 Å². The Balaban J connectivity index is 2.75. The summed E-state index contributed by atoms with van der Waals surface area (Å²) in [5, 5.41) is 19.8. The molecular formula is C22H29BN2O4. The first-order valence-corrected chi connectivity index (χ1v) is 10.1. The van der Waals surface area contributed by atoms with E-state index < -0.39 is 7.12 Å². The average Bonchev–Trinajstić information content (AvgIpc) is 2.74. The van der Waals surface area contributed by atoms with Gasteiger partial charge in [-0.15, -0.1) is 0 Å². The maximum absolute atomic E-state index is 13.3. The van der Waals surface area contributed by atoms with E-state index in [1.54, 1.807) is 40.1 Å². The fourth-order valence-corrected chi connectivity index (χ4v) is 3.50. The Morgan fingerprint density at radius 3 is 1.83 bits per heavy atom. The lowest BCUT2D eigenvalue weighted by Gasteiger charge is -2.24. The highest BCUT2D eigenvalue weighted by molar-refractivity contribution is 6.60. The standard InChI is InChI=1S/C22H29BN2O4/c1-5-24(6-2)21(26)18-13-10-9-12-16(18)17-14-11-15-19(23(28)29)20(17)22(27)25(7-3)8-4/h9-15,28-29H,5-8H2,1-4H3. The van der Waals surface area contributed by atoms with Gasteiger partial charge in [-0.3, -0.25) is 9.59 Å². The second-order valence-electron chi connectivity index (χ2n) is 6.64. The molecule has 0 saturated carbocycles. The minimum absolute atomic E-state index is 0.123. The van der Waals surface area contributed by atoms with Gasteiger partial charge in [-0.2, -0.15) is 0 Å². The predicted molar refractivity (Wildman–Crippen MR) is 116 cm³/mol. The number of hydrogen-bond acceptors (Lipinski definition) is 4. The van der Waals surface area contributed by atoms with Gasteiger partial charge in [0.2, 0.25) is 0 Å². The number of amides is 2. The van der Waals surface area contributed by atoms with E-state index in [1.165, 1.54) is 6.07 Å². The van der Waals surface area contributed by atoms with Gasteiger partial charge in [0.1, 0.15) is 0 Å². The Bertz CT molecular complexity index is 862. The van der Waals surface area contributed by atoms with Gasteiger partial charge in [-0.1, -0.05) is 36.4 Å². The molecule has 2 N–H and O–H groups in total. The summed E-state index contributed by atoms with van der Waals surface area (Å²) in [6.07, 6.45) is 0. The Kier molecular flexibility index (Phi) is 7.99. The van der Waals surface area contributed by atoms with Crippen molar-refractivity contribution in [2.45, 2.75) is 27.7 Å². The average molecular weight is 396 g/mol. The molecule has 7 heteroatoms. The number of nitrogens with zero attached hydrogens (tertiary/aromatic N) is 2. The summed E-state index contributed by atoms with van der Waals surface area (Å²) in [6.45, 7) is 9.71. The third-order valence-electron chi connectivity index (χ3n) is 5.14. The van der Waals surface area contributed by atoms with Gasteiger partial charge in [0.15, 0.2) is 0 Å². The van der Waals surface area contributed by atoms with Crippen LogP contribution in [0.2, 0.25) is 0 Å². The van der Waals surface area contributed by atoms with Gasteiger partial charge in [0.05, 0.1) is 0 Å². The molecule has 0 unspecified atom stereocenters. The van der Waals surface area contributed by atoms with Crippen molar-refractivity contribution in [1.82, 2.24) is 9.80 Å². The number of carbonyl (C=O) groups is 2. The van der Waals surface area contributed by atoms with Crippen molar-refractivity contribution < 1.29 is 19.6 Å². The Hall–Kier alpha value is -2.64. The topological polar surface area (TPSA) is 81.1 Å². The molecular weight excluding hydrogens is 367 g/mol. The highest BCUT2D eigenvalue weighted by atomic mass is 16.4. The van der Waals surface area contributed by atoms with Crippen LogP contribution in [-0.4, -0.2) is 65.0 Å². The zero-order valence-corrected chi connectivity index (χ0v) is 17.6. The molecule has 0 fully saturated rings. The van der Waals surface area contributed by atoms with Crippen LogP contribution < -0.4 is 5.46 Å². The molecule has 0 heterocycles. The quantitative estimate of drug-likeness (QED) is 0.669. The molecule has 0 bridgehead atoms. The molecule has 0 atom stereocenters. The van der Waals surface area contributed by atoms with Gasteiger partial charge >= 0.3 is 7.12 Å². The van der Waals surface area contributed by atoms with Crippen LogP contribution in [0, 0.1) is 0 Å². The minimum Gasteiger partial charge on any atom is -0.423 e. The second kappa shape index (κ2) is 10.2. The summed E-state index contributed by atoms with van der Waals surface area (Å²) in [4.78, 5) is 29.7. The maximum atomic E-state index is 13.3. The van der Waals surface area contributed by atoms with Crippen molar-refractivity contribution in [3.05, 3.63) is 53.6 Å². The molecule has 0 aliphatic heterocycles. The normalized spacial score (nSPS) is 10.6. The van der Waals surface area contributed by atoms with Gasteiger partial charge in [-0.25, -0.2) is 0 Å². The van der Waals surface area contributed by atoms with E-state index in [0.717, 1.165) is 0 Å². The Labute approximate surface area is 172 Å². The second-order valence-corrected chi connectivity index (χ2v) is 6.64. The highest BCUT2D eigenvalue weighted by Gasteiger charge is 2.28. The summed E-state index contributed by atoms with van der Waals surface area (Å²) in [5.74, 6) is -0.416. The fourth-order valence-electron chi connectivity index (χ4n) is 3.50. The van der Waals surface area contributed by atoms with Gasteiger partial charge < -0.3 is 19.8 Å². The number of carbonyl (C=O) groups excluding carboxylic acids is 2. The van der Waals surface area contributed by atoms with Crippen molar-refractivity contribution in [3.63, 3.8) is 0 Å². The van der Waals surface area contributed by atoms with Crippen molar-refractivity contribution in [1.29, 1.82) is 0 Å². The van der Waals surface area contributed by atoms with E-state index in [9.17, 15) is 19.6 Å². The minimum atomic E-state index is -1.80. The zero-order valence-electron chi connectivity index (χ0n) is 17.6. The van der Waals surface area contributed by atoms with Crippen LogP contribution in [0.1, 0.15) is 48.4 Å². The lowest BCUT2D eigenvalue weighted by atomic mass is 9.74. The lowest BCUT2D eigenvalue weighted by molar-refractivity contribution is 0.0764. The van der Waals surface area contributed by atoms with Crippen LogP contribution in [0.15, 0.2) is 42.5 Å². The SMILES string of the molecule is CCN(CC)C(=O)c1ccccc1-c1cccc(B(O)O)c1C(=O)N(CC)CC. The first-order valence-electron chi connectivity index (χ1n) is 10.1. The summed E-state index contributed by atoms with van der Waals surface area (Å²) >= 11 is 0. The molecule has 2 amide bonds. The third kappa shape index (κ3) is 4.69. The molecule has 0 radical (unpaired) electrons. The van der Waals surface area contributed by atoms with E-state index in [-0.39, 0.29) is 22.8 Å². The third-order valence-corrected chi connectivity index (χ3v) is 5.14. The molecule has 0 spiro atoms. The highest BCUT2D eigenvalue weighted by Crippen LogP contribution is 2.28. The van der Waals surface area contributed by atoms with E-state index in [4.69, 9.17) is 0 Å². The van der Waals surface area contributed by atoms with Crippen molar-refractivity contribution >= 4 is 24.4 Å². The molecule has 6 nitrogen and oxygen atoms in total. The van der Waals surface area contributed by atoms with E-state index in [2.05, 4.69) is 0 Å². The number of benzene rings is 2. The molecule has 0 aliphatic rings. The summed E-state index contributed by atoms with van der Waals surface area (Å²) in [7, 11) is -1.80. The van der Waals surface area contributed by atoms with Crippen LogP contribution in [-0.2, 0) is 0 Å². The molecule has 154 valence electrons. The zero-order chi connectivity index (χ0) is 21.6. The van der Waals surface area contributed by atoms with Gasteiger partial charge in [0.25, 0.3) is 11.8 Å². The van der Waals surface area contributed by atoms with Crippen LogP contribution in [0.25, 0.3) is 11.1 Å².